The maximum Gasteiger partial charge on any atom is 0.166 e. The summed E-state index contributed by atoms with van der Waals surface area (Å²) in [4.78, 5) is 3.99. The maximum absolute atomic E-state index is 13.3. The number of nitrogen functional groups attached to an aromatic ring is 1. The van der Waals surface area contributed by atoms with E-state index >= 15 is 0 Å². The molecule has 2 rings (SSSR count). The topological polar surface area (TPSA) is 48.1 Å². The number of anilines is 1. The van der Waals surface area contributed by atoms with E-state index in [9.17, 15) is 4.39 Å². The highest BCUT2D eigenvalue weighted by atomic mass is 79.9. The molecular formula is C14H13Br2FN2O. The van der Waals surface area contributed by atoms with Gasteiger partial charge in [-0.05, 0) is 45.3 Å². The van der Waals surface area contributed by atoms with E-state index in [0.29, 0.717) is 29.9 Å². The lowest BCUT2D eigenvalue weighted by Crippen LogP contribution is -2.06. The van der Waals surface area contributed by atoms with E-state index in [2.05, 4.69) is 36.8 Å². The second kappa shape index (κ2) is 7.04. The van der Waals surface area contributed by atoms with Crippen molar-refractivity contribution in [3.63, 3.8) is 0 Å². The summed E-state index contributed by atoms with van der Waals surface area (Å²) in [6.45, 7) is 0.409. The highest BCUT2D eigenvalue weighted by Crippen LogP contribution is 2.23. The van der Waals surface area contributed by atoms with Gasteiger partial charge in [0.15, 0.2) is 11.6 Å². The van der Waals surface area contributed by atoms with Gasteiger partial charge in [0.05, 0.1) is 6.61 Å². The van der Waals surface area contributed by atoms with Gasteiger partial charge >= 0.3 is 0 Å². The van der Waals surface area contributed by atoms with Gasteiger partial charge in [-0.2, -0.15) is 0 Å². The van der Waals surface area contributed by atoms with Gasteiger partial charge in [0.25, 0.3) is 0 Å². The maximum atomic E-state index is 13.3. The van der Waals surface area contributed by atoms with Crippen molar-refractivity contribution in [1.29, 1.82) is 0 Å². The first-order valence-corrected chi connectivity index (χ1v) is 7.88. The number of ether oxygens (including phenoxy) is 1. The molecule has 0 unspecified atom stereocenters. The van der Waals surface area contributed by atoms with Crippen molar-refractivity contribution in [2.45, 2.75) is 11.8 Å². The van der Waals surface area contributed by atoms with E-state index < -0.39 is 0 Å². The van der Waals surface area contributed by atoms with Gasteiger partial charge < -0.3 is 10.5 Å². The molecule has 0 aliphatic rings. The van der Waals surface area contributed by atoms with Crippen LogP contribution in [0.1, 0.15) is 11.1 Å². The average Bonchev–Trinajstić information content (AvgIpc) is 2.43. The molecule has 20 heavy (non-hydrogen) atoms. The molecule has 1 aromatic heterocycles. The van der Waals surface area contributed by atoms with Crippen LogP contribution in [0.25, 0.3) is 0 Å². The second-order valence-electron chi connectivity index (χ2n) is 4.18. The van der Waals surface area contributed by atoms with Crippen molar-refractivity contribution in [3.05, 3.63) is 51.9 Å². The summed E-state index contributed by atoms with van der Waals surface area (Å²) in [5.74, 6) is 0.623. The Morgan fingerprint density at radius 1 is 1.25 bits per heavy atom. The molecule has 1 aromatic carbocycles. The summed E-state index contributed by atoms with van der Waals surface area (Å²) in [7, 11) is 0. The van der Waals surface area contributed by atoms with Crippen molar-refractivity contribution in [2.24, 2.45) is 0 Å². The lowest BCUT2D eigenvalue weighted by molar-refractivity contribution is 0.322. The highest BCUT2D eigenvalue weighted by molar-refractivity contribution is 9.10. The van der Waals surface area contributed by atoms with Crippen LogP contribution in [0.3, 0.4) is 0 Å². The summed E-state index contributed by atoms with van der Waals surface area (Å²) in [6, 6.07) is 6.52. The van der Waals surface area contributed by atoms with Crippen LogP contribution in [0.15, 0.2) is 34.9 Å². The first-order valence-electron chi connectivity index (χ1n) is 5.97. The third-order valence-corrected chi connectivity index (χ3v) is 3.83. The molecule has 0 amide bonds. The van der Waals surface area contributed by atoms with E-state index in [-0.39, 0.29) is 5.82 Å². The molecule has 0 radical (unpaired) electrons. The number of benzene rings is 1. The first-order chi connectivity index (χ1) is 9.60. The molecule has 0 fully saturated rings. The second-order valence-corrected chi connectivity index (χ2v) is 5.66. The standard InChI is InChI=1S/C14H13Br2FN2O/c15-7-10-1-2-12(17)5-9(10)3-4-20-13-6-11(16)8-19-14(13)18/h1-2,5-6,8H,3-4,7H2,(H2,18,19). The average molecular weight is 404 g/mol. The number of hydrogen-bond donors (Lipinski definition) is 1. The normalized spacial score (nSPS) is 10.6. The van der Waals surface area contributed by atoms with Crippen LogP contribution in [0.4, 0.5) is 10.2 Å². The van der Waals surface area contributed by atoms with Gasteiger partial charge in [-0.3, -0.25) is 0 Å². The molecule has 1 heterocycles. The van der Waals surface area contributed by atoms with Gasteiger partial charge in [0.2, 0.25) is 0 Å². The van der Waals surface area contributed by atoms with Gasteiger partial charge in [-0.25, -0.2) is 9.37 Å². The van der Waals surface area contributed by atoms with Gasteiger partial charge in [-0.1, -0.05) is 22.0 Å². The van der Waals surface area contributed by atoms with Crippen molar-refractivity contribution in [2.75, 3.05) is 12.3 Å². The minimum absolute atomic E-state index is 0.242. The Labute approximate surface area is 133 Å². The van der Waals surface area contributed by atoms with Crippen LogP contribution in [0.2, 0.25) is 0 Å². The molecule has 106 valence electrons. The third kappa shape index (κ3) is 3.93. The molecule has 2 aromatic rings. The summed E-state index contributed by atoms with van der Waals surface area (Å²) in [5.41, 5.74) is 7.70. The summed E-state index contributed by atoms with van der Waals surface area (Å²) in [6.07, 6.45) is 2.21. The minimum Gasteiger partial charge on any atom is -0.489 e. The predicted molar refractivity (Wildman–Crippen MR) is 84.6 cm³/mol. The SMILES string of the molecule is Nc1ncc(Br)cc1OCCc1cc(F)ccc1CBr. The lowest BCUT2D eigenvalue weighted by Gasteiger charge is -2.10. The largest absolute Gasteiger partial charge is 0.489 e. The fraction of sp³-hybridized carbons (Fsp3) is 0.214. The Balaban J connectivity index is 2.02. The van der Waals surface area contributed by atoms with Crippen molar-refractivity contribution in [1.82, 2.24) is 4.98 Å². The molecule has 0 spiro atoms. The van der Waals surface area contributed by atoms with E-state index in [1.807, 2.05) is 0 Å². The van der Waals surface area contributed by atoms with Crippen LogP contribution < -0.4 is 10.5 Å². The smallest absolute Gasteiger partial charge is 0.166 e. The Kier molecular flexibility index (Phi) is 5.37. The molecule has 6 heteroatoms. The lowest BCUT2D eigenvalue weighted by atomic mass is 10.1. The van der Waals surface area contributed by atoms with E-state index in [0.717, 1.165) is 15.6 Å². The minimum atomic E-state index is -0.242. The molecule has 0 atom stereocenters. The van der Waals surface area contributed by atoms with Gasteiger partial charge in [0, 0.05) is 22.4 Å². The Bertz CT molecular complexity index is 608. The number of pyridine rings is 1. The zero-order chi connectivity index (χ0) is 14.5. The van der Waals surface area contributed by atoms with Crippen LogP contribution in [0, 0.1) is 5.82 Å². The molecule has 2 N–H and O–H groups in total. The summed E-state index contributed by atoms with van der Waals surface area (Å²) in [5, 5.41) is 0.684. The molecule has 0 saturated carbocycles. The zero-order valence-electron chi connectivity index (χ0n) is 10.6. The molecule has 3 nitrogen and oxygen atoms in total. The number of nitrogens with two attached hydrogens (primary N) is 1. The monoisotopic (exact) mass is 402 g/mol. The highest BCUT2D eigenvalue weighted by Gasteiger charge is 2.06. The molecular weight excluding hydrogens is 391 g/mol. The van der Waals surface area contributed by atoms with Crippen LogP contribution in [0.5, 0.6) is 5.75 Å². The third-order valence-electron chi connectivity index (χ3n) is 2.79. The fourth-order valence-corrected chi connectivity index (χ4v) is 2.63. The van der Waals surface area contributed by atoms with Gasteiger partial charge in [0.1, 0.15) is 5.82 Å². The number of alkyl halides is 1. The van der Waals surface area contributed by atoms with Gasteiger partial charge in [-0.15, -0.1) is 0 Å². The van der Waals surface area contributed by atoms with Crippen LogP contribution in [-0.2, 0) is 11.8 Å². The first kappa shape index (κ1) is 15.3. The fourth-order valence-electron chi connectivity index (χ4n) is 1.78. The van der Waals surface area contributed by atoms with E-state index in [4.69, 9.17) is 10.5 Å². The molecule has 0 bridgehead atoms. The summed E-state index contributed by atoms with van der Waals surface area (Å²) >= 11 is 6.70. The van der Waals surface area contributed by atoms with Crippen molar-refractivity contribution in [3.8, 4) is 5.75 Å². The molecule has 0 saturated heterocycles. The number of halogens is 3. The van der Waals surface area contributed by atoms with Crippen LogP contribution in [-0.4, -0.2) is 11.6 Å². The Morgan fingerprint density at radius 2 is 2.05 bits per heavy atom. The Hall–Kier alpha value is -1.14. The number of nitrogens with zero attached hydrogens (tertiary/aromatic N) is 1. The van der Waals surface area contributed by atoms with E-state index in [1.54, 1.807) is 18.3 Å². The number of aromatic nitrogens is 1. The predicted octanol–water partition coefficient (Wildman–Crippen LogP) is 4.08. The van der Waals surface area contributed by atoms with Crippen molar-refractivity contribution < 1.29 is 9.13 Å². The van der Waals surface area contributed by atoms with E-state index in [1.165, 1.54) is 12.1 Å². The number of hydrogen-bond acceptors (Lipinski definition) is 3. The van der Waals surface area contributed by atoms with Crippen LogP contribution >= 0.6 is 31.9 Å². The van der Waals surface area contributed by atoms with Crippen molar-refractivity contribution >= 4 is 37.7 Å². The Morgan fingerprint density at radius 3 is 2.80 bits per heavy atom. The quantitative estimate of drug-likeness (QED) is 0.765. The number of rotatable bonds is 5. The molecule has 0 aliphatic heterocycles. The zero-order valence-corrected chi connectivity index (χ0v) is 13.7. The summed E-state index contributed by atoms with van der Waals surface area (Å²) < 4.78 is 19.7. The molecule has 0 aliphatic carbocycles.